The van der Waals surface area contributed by atoms with E-state index in [1.165, 1.54) is 16.4 Å². The molecule has 2 aliphatic rings. The van der Waals surface area contributed by atoms with Crippen molar-refractivity contribution in [1.82, 2.24) is 4.98 Å². The smallest absolute Gasteiger partial charge is 0.287 e. The lowest BCUT2D eigenvalue weighted by Crippen LogP contribution is -2.58. The summed E-state index contributed by atoms with van der Waals surface area (Å²) in [6.45, 7) is 2.22. The SMILES string of the molecule is COc1cccc(-c2[nH]c3c4c(ccc3[n+]2C)B2c3ccccc3Oc3cccc(c32)N4)c1C. The average molecular weight is 444 g/mol. The molecular formula is C28H23BN3O2+. The number of para-hydroxylation sites is 1. The number of imidazole rings is 1. The van der Waals surface area contributed by atoms with Crippen LogP contribution in [0.1, 0.15) is 5.56 Å². The predicted octanol–water partition coefficient (Wildman–Crippen LogP) is 3.66. The summed E-state index contributed by atoms with van der Waals surface area (Å²) in [4.78, 5) is 3.75. The topological polar surface area (TPSA) is 50.2 Å². The Morgan fingerprint density at radius 3 is 2.59 bits per heavy atom. The molecule has 0 aliphatic carbocycles. The molecule has 0 amide bonds. The summed E-state index contributed by atoms with van der Waals surface area (Å²) < 4.78 is 14.1. The zero-order valence-electron chi connectivity index (χ0n) is 19.3. The number of aromatic nitrogens is 2. The van der Waals surface area contributed by atoms with Gasteiger partial charge in [0.05, 0.1) is 25.4 Å². The molecule has 0 fully saturated rings. The van der Waals surface area contributed by atoms with Crippen molar-refractivity contribution in [2.45, 2.75) is 6.92 Å². The lowest BCUT2D eigenvalue weighted by molar-refractivity contribution is -0.633. The Hall–Kier alpha value is -4.19. The number of methoxy groups -OCH3 is 1. The number of anilines is 2. The lowest BCUT2D eigenvalue weighted by Gasteiger charge is -2.33. The summed E-state index contributed by atoms with van der Waals surface area (Å²) in [7, 11) is 3.83. The number of benzene rings is 4. The van der Waals surface area contributed by atoms with Crippen LogP contribution in [0.3, 0.4) is 0 Å². The van der Waals surface area contributed by atoms with Gasteiger partial charge >= 0.3 is 0 Å². The van der Waals surface area contributed by atoms with Gasteiger partial charge in [-0.1, -0.05) is 36.4 Å². The number of fused-ring (bicyclic) bond motifs is 6. The van der Waals surface area contributed by atoms with E-state index in [4.69, 9.17) is 9.47 Å². The average Bonchev–Trinajstić information content (AvgIpc) is 3.20. The quantitative estimate of drug-likeness (QED) is 0.316. The molecule has 5 aromatic rings. The van der Waals surface area contributed by atoms with Crippen molar-refractivity contribution >= 4 is 45.5 Å². The molecule has 164 valence electrons. The molecule has 6 heteroatoms. The number of hydrogen-bond donors (Lipinski definition) is 2. The van der Waals surface area contributed by atoms with Crippen LogP contribution in [-0.4, -0.2) is 18.8 Å². The first-order chi connectivity index (χ1) is 16.7. The maximum atomic E-state index is 6.28. The van der Waals surface area contributed by atoms with E-state index in [2.05, 4.69) is 83.4 Å². The number of nitrogens with one attached hydrogen (secondary N) is 2. The van der Waals surface area contributed by atoms with E-state index in [1.807, 2.05) is 18.2 Å². The molecule has 3 heterocycles. The highest BCUT2D eigenvalue weighted by Crippen LogP contribution is 2.35. The molecule has 34 heavy (non-hydrogen) atoms. The van der Waals surface area contributed by atoms with Crippen molar-refractivity contribution in [2.75, 3.05) is 12.4 Å². The number of aryl methyl sites for hydroxylation is 1. The number of hydrogen-bond acceptors (Lipinski definition) is 3. The first-order valence-corrected chi connectivity index (χ1v) is 11.5. The number of ether oxygens (including phenoxy) is 2. The number of nitrogens with zero attached hydrogens (tertiary/aromatic N) is 1. The summed E-state index contributed by atoms with van der Waals surface area (Å²) in [6, 6.07) is 25.3. The summed E-state index contributed by atoms with van der Waals surface area (Å²) in [5.74, 6) is 3.78. The highest BCUT2D eigenvalue weighted by molar-refractivity contribution is 6.99. The van der Waals surface area contributed by atoms with Crippen LogP contribution in [0.25, 0.3) is 22.4 Å². The van der Waals surface area contributed by atoms with Crippen molar-refractivity contribution in [1.29, 1.82) is 0 Å². The van der Waals surface area contributed by atoms with Crippen LogP contribution in [0.4, 0.5) is 11.4 Å². The van der Waals surface area contributed by atoms with Gasteiger partial charge in [-0.25, -0.2) is 9.55 Å². The molecule has 0 radical (unpaired) electrons. The fourth-order valence-corrected chi connectivity index (χ4v) is 5.64. The van der Waals surface area contributed by atoms with Gasteiger partial charge in [-0.15, -0.1) is 0 Å². The van der Waals surface area contributed by atoms with E-state index < -0.39 is 0 Å². The molecule has 0 bridgehead atoms. The Morgan fingerprint density at radius 1 is 0.882 bits per heavy atom. The molecule has 0 saturated carbocycles. The molecule has 2 N–H and O–H groups in total. The normalized spacial score (nSPS) is 13.0. The number of rotatable bonds is 2. The van der Waals surface area contributed by atoms with Crippen LogP contribution in [0, 0.1) is 6.92 Å². The predicted molar refractivity (Wildman–Crippen MR) is 137 cm³/mol. The largest absolute Gasteiger partial charge is 0.496 e. The fraction of sp³-hybridized carbons (Fsp3) is 0.107. The van der Waals surface area contributed by atoms with Gasteiger partial charge in [0.25, 0.3) is 12.5 Å². The van der Waals surface area contributed by atoms with E-state index >= 15 is 0 Å². The zero-order chi connectivity index (χ0) is 23.0. The second-order valence-electron chi connectivity index (χ2n) is 9.00. The van der Waals surface area contributed by atoms with E-state index in [9.17, 15) is 0 Å². The van der Waals surface area contributed by atoms with Crippen molar-refractivity contribution in [3.05, 3.63) is 78.4 Å². The monoisotopic (exact) mass is 444 g/mol. The van der Waals surface area contributed by atoms with Crippen molar-refractivity contribution in [3.8, 4) is 28.6 Å². The molecule has 7 rings (SSSR count). The van der Waals surface area contributed by atoms with Gasteiger partial charge in [0.1, 0.15) is 17.2 Å². The van der Waals surface area contributed by atoms with Crippen LogP contribution >= 0.6 is 0 Å². The minimum atomic E-state index is 0.118. The summed E-state index contributed by atoms with van der Waals surface area (Å²) in [5, 5.41) is 3.73. The Balaban J connectivity index is 1.50. The standard InChI is InChI=1S/C28H22BN3O2/c1-16-17(8-6-12-22(16)33-3)28-31-27-21(32(28)2)15-14-19-26(27)30-20-10-7-13-24-25(20)29(19)18-9-4-5-11-23(18)34-24/h4-15,30H,1-3H3/p+1. The van der Waals surface area contributed by atoms with Gasteiger partial charge < -0.3 is 14.8 Å². The third-order valence-electron chi connectivity index (χ3n) is 7.29. The summed E-state index contributed by atoms with van der Waals surface area (Å²) in [6.07, 6.45) is 0. The van der Waals surface area contributed by atoms with Gasteiger partial charge in [0.15, 0.2) is 11.0 Å². The molecule has 5 nitrogen and oxygen atoms in total. The van der Waals surface area contributed by atoms with Crippen molar-refractivity contribution in [3.63, 3.8) is 0 Å². The van der Waals surface area contributed by atoms with Crippen LogP contribution in [0.15, 0.2) is 72.8 Å². The second kappa shape index (κ2) is 6.91. The van der Waals surface area contributed by atoms with Gasteiger partial charge in [-0.2, -0.15) is 0 Å². The summed E-state index contributed by atoms with van der Waals surface area (Å²) in [5.41, 5.74) is 10.3. The van der Waals surface area contributed by atoms with E-state index in [0.717, 1.165) is 56.6 Å². The first-order valence-electron chi connectivity index (χ1n) is 11.5. The van der Waals surface area contributed by atoms with Crippen molar-refractivity contribution < 1.29 is 14.0 Å². The maximum absolute atomic E-state index is 6.28. The molecular weight excluding hydrogens is 421 g/mol. The number of H-pyrrole nitrogens is 1. The first kappa shape index (κ1) is 19.3. The second-order valence-corrected chi connectivity index (χ2v) is 9.00. The maximum Gasteiger partial charge on any atom is 0.287 e. The van der Waals surface area contributed by atoms with Crippen LogP contribution in [0.2, 0.25) is 0 Å². The minimum Gasteiger partial charge on any atom is -0.496 e. The van der Waals surface area contributed by atoms with Gasteiger partial charge in [0, 0.05) is 11.3 Å². The van der Waals surface area contributed by atoms with Crippen LogP contribution in [-0.2, 0) is 7.05 Å². The van der Waals surface area contributed by atoms with E-state index in [-0.39, 0.29) is 6.71 Å². The molecule has 1 aromatic heterocycles. The third-order valence-corrected chi connectivity index (χ3v) is 7.29. The highest BCUT2D eigenvalue weighted by atomic mass is 16.5. The van der Waals surface area contributed by atoms with Crippen LogP contribution < -0.4 is 35.7 Å². The fourth-order valence-electron chi connectivity index (χ4n) is 5.64. The van der Waals surface area contributed by atoms with E-state index in [0.29, 0.717) is 0 Å². The van der Waals surface area contributed by atoms with Gasteiger partial charge in [-0.05, 0) is 59.7 Å². The molecule has 4 aromatic carbocycles. The molecule has 0 saturated heterocycles. The van der Waals surface area contributed by atoms with Gasteiger partial charge in [-0.3, -0.25) is 0 Å². The Labute approximate surface area is 198 Å². The van der Waals surface area contributed by atoms with Crippen LogP contribution in [0.5, 0.6) is 17.2 Å². The molecule has 0 atom stereocenters. The third kappa shape index (κ3) is 2.48. The summed E-state index contributed by atoms with van der Waals surface area (Å²) >= 11 is 0. The van der Waals surface area contributed by atoms with Crippen molar-refractivity contribution in [2.24, 2.45) is 7.05 Å². The van der Waals surface area contributed by atoms with E-state index in [1.54, 1.807) is 7.11 Å². The molecule has 2 aliphatic heterocycles. The Kier molecular flexibility index (Phi) is 3.92. The minimum absolute atomic E-state index is 0.118. The highest BCUT2D eigenvalue weighted by Gasteiger charge is 2.40. The zero-order valence-corrected chi connectivity index (χ0v) is 19.3. The lowest BCUT2D eigenvalue weighted by atomic mass is 9.34. The Morgan fingerprint density at radius 2 is 1.71 bits per heavy atom. The van der Waals surface area contributed by atoms with Gasteiger partial charge in [0.2, 0.25) is 0 Å². The number of aromatic amines is 1. The Bertz CT molecular complexity index is 1640. The molecule has 0 spiro atoms. The molecule has 0 unspecified atom stereocenters.